The van der Waals surface area contributed by atoms with E-state index < -0.39 is 5.91 Å². The maximum atomic E-state index is 11.8. The summed E-state index contributed by atoms with van der Waals surface area (Å²) in [5.41, 5.74) is 6.53. The third-order valence-corrected chi connectivity index (χ3v) is 2.91. The van der Waals surface area contributed by atoms with Gasteiger partial charge in [-0.1, -0.05) is 0 Å². The zero-order valence-corrected chi connectivity index (χ0v) is 9.78. The number of carbonyl (C=O) groups is 1. The minimum absolute atomic E-state index is 0.157. The molecule has 3 N–H and O–H groups in total. The van der Waals surface area contributed by atoms with Crippen molar-refractivity contribution in [2.24, 2.45) is 7.05 Å². The van der Waals surface area contributed by atoms with Crippen molar-refractivity contribution in [3.63, 3.8) is 0 Å². The molecule has 6 nitrogen and oxygen atoms in total. The van der Waals surface area contributed by atoms with Gasteiger partial charge in [-0.15, -0.1) is 11.3 Å². The molecule has 0 bridgehead atoms. The van der Waals surface area contributed by atoms with Gasteiger partial charge in [0.1, 0.15) is 11.1 Å². The van der Waals surface area contributed by atoms with Crippen molar-refractivity contribution in [2.75, 3.05) is 11.1 Å². The summed E-state index contributed by atoms with van der Waals surface area (Å²) in [6, 6.07) is 3.63. The van der Waals surface area contributed by atoms with Crippen molar-refractivity contribution in [2.45, 2.75) is 0 Å². The number of carbonyl (C=O) groups excluding carboxylic acids is 1. The fourth-order valence-electron chi connectivity index (χ4n) is 1.34. The maximum Gasteiger partial charge on any atom is 0.278 e. The van der Waals surface area contributed by atoms with Crippen LogP contribution in [-0.4, -0.2) is 15.7 Å². The number of hydrogen-bond acceptors (Lipinski definition) is 5. The maximum absolute atomic E-state index is 11.8. The van der Waals surface area contributed by atoms with E-state index in [1.165, 1.54) is 16.0 Å². The van der Waals surface area contributed by atoms with Gasteiger partial charge in [0.05, 0.1) is 11.3 Å². The second-order valence-electron chi connectivity index (χ2n) is 3.34. The van der Waals surface area contributed by atoms with Crippen molar-refractivity contribution >= 4 is 27.9 Å². The normalized spacial score (nSPS) is 9.88. The molecule has 0 aliphatic heterocycles. The van der Waals surface area contributed by atoms with Crippen molar-refractivity contribution in [1.29, 1.82) is 5.26 Å². The topological polar surface area (TPSA) is 96.7 Å². The van der Waals surface area contributed by atoms with E-state index in [0.29, 0.717) is 16.3 Å². The predicted molar refractivity (Wildman–Crippen MR) is 64.6 cm³/mol. The molecule has 0 fully saturated rings. The fraction of sp³-hybridized carbons (Fsp3) is 0.100. The number of amides is 1. The van der Waals surface area contributed by atoms with E-state index in [1.54, 1.807) is 24.7 Å². The predicted octanol–water partition coefficient (Wildman–Crippen LogP) is 1.19. The molecule has 0 aromatic carbocycles. The van der Waals surface area contributed by atoms with E-state index in [0.717, 1.165) is 0 Å². The standard InChI is InChI=1S/C10H9N5OS/c1-15-5-7(12)8(14-15)9(16)13-10-6(4-11)2-3-17-10/h2-3,5H,12H2,1H3,(H,13,16). The smallest absolute Gasteiger partial charge is 0.278 e. The molecule has 2 aromatic heterocycles. The van der Waals surface area contributed by atoms with E-state index >= 15 is 0 Å². The molecule has 0 unspecified atom stereocenters. The molecule has 1 amide bonds. The van der Waals surface area contributed by atoms with Gasteiger partial charge >= 0.3 is 0 Å². The largest absolute Gasteiger partial charge is 0.396 e. The summed E-state index contributed by atoms with van der Waals surface area (Å²) in [4.78, 5) is 11.8. The number of thiophene rings is 1. The van der Waals surface area contributed by atoms with Crippen LogP contribution in [0.15, 0.2) is 17.6 Å². The Labute approximate surface area is 101 Å². The molecule has 7 heteroatoms. The molecule has 0 aliphatic carbocycles. The van der Waals surface area contributed by atoms with Gasteiger partial charge in [0.15, 0.2) is 5.69 Å². The molecule has 0 saturated carbocycles. The van der Waals surface area contributed by atoms with Crippen LogP contribution in [0.1, 0.15) is 16.1 Å². The highest BCUT2D eigenvalue weighted by molar-refractivity contribution is 7.14. The van der Waals surface area contributed by atoms with Crippen LogP contribution in [0.2, 0.25) is 0 Å². The van der Waals surface area contributed by atoms with Crippen LogP contribution < -0.4 is 11.1 Å². The first-order valence-electron chi connectivity index (χ1n) is 4.70. The Kier molecular flexibility index (Phi) is 2.80. The van der Waals surface area contributed by atoms with Crippen LogP contribution in [0.25, 0.3) is 0 Å². The van der Waals surface area contributed by atoms with Crippen molar-refractivity contribution in [3.8, 4) is 6.07 Å². The molecule has 17 heavy (non-hydrogen) atoms. The van der Waals surface area contributed by atoms with Crippen LogP contribution in [-0.2, 0) is 7.05 Å². The Morgan fingerprint density at radius 1 is 1.71 bits per heavy atom. The summed E-state index contributed by atoms with van der Waals surface area (Å²) in [7, 11) is 1.68. The molecule has 2 heterocycles. The third kappa shape index (κ3) is 2.11. The number of nitrogens with one attached hydrogen (secondary N) is 1. The lowest BCUT2D eigenvalue weighted by atomic mass is 10.3. The van der Waals surface area contributed by atoms with E-state index in [-0.39, 0.29) is 5.69 Å². The molecular formula is C10H9N5OS. The SMILES string of the molecule is Cn1cc(N)c(C(=O)Nc2sccc2C#N)n1. The van der Waals surface area contributed by atoms with Gasteiger partial charge in [0.25, 0.3) is 5.91 Å². The molecule has 86 valence electrons. The average molecular weight is 247 g/mol. The lowest BCUT2D eigenvalue weighted by Gasteiger charge is -2.00. The minimum atomic E-state index is -0.415. The van der Waals surface area contributed by atoms with E-state index in [4.69, 9.17) is 11.0 Å². The Balaban J connectivity index is 2.24. The number of hydrogen-bond donors (Lipinski definition) is 2. The number of nitrogen functional groups attached to an aromatic ring is 1. The summed E-state index contributed by atoms with van der Waals surface area (Å²) >= 11 is 1.28. The first-order chi connectivity index (χ1) is 8.11. The van der Waals surface area contributed by atoms with Gasteiger partial charge in [-0.2, -0.15) is 10.4 Å². The second-order valence-corrected chi connectivity index (χ2v) is 4.25. The van der Waals surface area contributed by atoms with Crippen LogP contribution in [0.3, 0.4) is 0 Å². The summed E-state index contributed by atoms with van der Waals surface area (Å²) in [6.07, 6.45) is 1.55. The quantitative estimate of drug-likeness (QED) is 0.832. The zero-order valence-electron chi connectivity index (χ0n) is 8.97. The zero-order chi connectivity index (χ0) is 12.4. The van der Waals surface area contributed by atoms with Gasteiger partial charge < -0.3 is 11.1 Å². The second kappa shape index (κ2) is 4.27. The summed E-state index contributed by atoms with van der Waals surface area (Å²) in [6.45, 7) is 0. The highest BCUT2D eigenvalue weighted by Crippen LogP contribution is 2.23. The van der Waals surface area contributed by atoms with Crippen LogP contribution in [0, 0.1) is 11.3 Å². The first kappa shape index (κ1) is 11.2. The Hall–Kier alpha value is -2.33. The van der Waals surface area contributed by atoms with Gasteiger partial charge in [0.2, 0.25) is 0 Å². The first-order valence-corrected chi connectivity index (χ1v) is 5.58. The Bertz CT molecular complexity index is 606. The summed E-state index contributed by atoms with van der Waals surface area (Å²) in [5, 5.41) is 17.6. The molecular weight excluding hydrogens is 238 g/mol. The van der Waals surface area contributed by atoms with Crippen molar-refractivity contribution in [1.82, 2.24) is 9.78 Å². The Morgan fingerprint density at radius 3 is 3.06 bits per heavy atom. The number of nitrogens with two attached hydrogens (primary N) is 1. The lowest BCUT2D eigenvalue weighted by Crippen LogP contribution is -2.14. The summed E-state index contributed by atoms with van der Waals surface area (Å²) in [5.74, 6) is -0.415. The molecule has 0 saturated heterocycles. The molecule has 0 aliphatic rings. The van der Waals surface area contributed by atoms with Crippen LogP contribution in [0.4, 0.5) is 10.7 Å². The molecule has 0 spiro atoms. The average Bonchev–Trinajstić information content (AvgIpc) is 2.84. The monoisotopic (exact) mass is 247 g/mol. The fourth-order valence-corrected chi connectivity index (χ4v) is 2.07. The highest BCUT2D eigenvalue weighted by atomic mass is 32.1. The van der Waals surface area contributed by atoms with Gasteiger partial charge in [-0.05, 0) is 11.4 Å². The number of nitrogens with zero attached hydrogens (tertiary/aromatic N) is 3. The number of aryl methyl sites for hydroxylation is 1. The van der Waals surface area contributed by atoms with Gasteiger partial charge in [-0.25, -0.2) is 0 Å². The van der Waals surface area contributed by atoms with Gasteiger partial charge in [0, 0.05) is 13.2 Å². The number of nitriles is 1. The summed E-state index contributed by atoms with van der Waals surface area (Å²) < 4.78 is 1.46. The van der Waals surface area contributed by atoms with E-state index in [1.807, 2.05) is 6.07 Å². The third-order valence-electron chi connectivity index (χ3n) is 2.08. The molecule has 0 atom stereocenters. The molecule has 2 aromatic rings. The lowest BCUT2D eigenvalue weighted by molar-refractivity contribution is 0.102. The number of anilines is 2. The van der Waals surface area contributed by atoms with Crippen molar-refractivity contribution < 1.29 is 4.79 Å². The highest BCUT2D eigenvalue weighted by Gasteiger charge is 2.16. The van der Waals surface area contributed by atoms with E-state index in [2.05, 4.69) is 10.4 Å². The molecule has 2 rings (SSSR count). The van der Waals surface area contributed by atoms with Crippen LogP contribution in [0.5, 0.6) is 0 Å². The number of aromatic nitrogens is 2. The molecule has 0 radical (unpaired) electrons. The Morgan fingerprint density at radius 2 is 2.47 bits per heavy atom. The minimum Gasteiger partial charge on any atom is -0.396 e. The van der Waals surface area contributed by atoms with Crippen LogP contribution >= 0.6 is 11.3 Å². The van der Waals surface area contributed by atoms with E-state index in [9.17, 15) is 4.79 Å². The van der Waals surface area contributed by atoms with Gasteiger partial charge in [-0.3, -0.25) is 9.48 Å². The number of rotatable bonds is 2. The van der Waals surface area contributed by atoms with Crippen molar-refractivity contribution in [3.05, 3.63) is 28.9 Å².